The molecule has 1 N–H and O–H groups in total. The zero-order chi connectivity index (χ0) is 19.1. The molecule has 0 spiro atoms. The van der Waals surface area contributed by atoms with E-state index in [-0.39, 0.29) is 18.2 Å². The molecular weight excluding hydrogens is 358 g/mol. The van der Waals surface area contributed by atoms with Crippen molar-refractivity contribution in [3.8, 4) is 35.0 Å². The van der Waals surface area contributed by atoms with E-state index in [0.717, 1.165) is 22.7 Å². The standard InChI is InChI=1S/C21H19N3O2S/c1-3-13-22-20(25)15-27-21-23-14-18(16-9-5-4-6-10-16)24(21)17-11-7-8-12-19(17)26-2/h1,4-12,14H,13,15H2,2H3,(H,22,25). The Morgan fingerprint density at radius 3 is 2.70 bits per heavy atom. The number of carbonyl (C=O) groups excluding carboxylic acids is 1. The number of terminal acetylenes is 1. The summed E-state index contributed by atoms with van der Waals surface area (Å²) in [4.78, 5) is 16.5. The van der Waals surface area contributed by atoms with E-state index in [1.54, 1.807) is 7.11 Å². The minimum absolute atomic E-state index is 0.131. The van der Waals surface area contributed by atoms with Crippen LogP contribution in [0.4, 0.5) is 0 Å². The Kier molecular flexibility index (Phi) is 6.18. The first kappa shape index (κ1) is 18.6. The second-order valence-corrected chi connectivity index (χ2v) is 6.51. The Balaban J connectivity index is 2.01. The zero-order valence-corrected chi connectivity index (χ0v) is 15.7. The van der Waals surface area contributed by atoms with Crippen LogP contribution in [-0.2, 0) is 4.79 Å². The van der Waals surface area contributed by atoms with Gasteiger partial charge in [0.2, 0.25) is 5.91 Å². The number of ether oxygens (including phenoxy) is 1. The molecule has 0 aliphatic carbocycles. The lowest BCUT2D eigenvalue weighted by atomic mass is 10.1. The third-order valence-corrected chi connectivity index (χ3v) is 4.80. The Morgan fingerprint density at radius 1 is 1.22 bits per heavy atom. The molecule has 5 nitrogen and oxygen atoms in total. The van der Waals surface area contributed by atoms with Gasteiger partial charge in [-0.1, -0.05) is 60.1 Å². The summed E-state index contributed by atoms with van der Waals surface area (Å²) in [5, 5.41) is 3.37. The third kappa shape index (κ3) is 4.33. The van der Waals surface area contributed by atoms with Crippen LogP contribution >= 0.6 is 11.8 Å². The van der Waals surface area contributed by atoms with E-state index in [1.807, 2.05) is 65.4 Å². The number of hydrogen-bond donors (Lipinski definition) is 1. The van der Waals surface area contributed by atoms with Crippen LogP contribution in [0, 0.1) is 12.3 Å². The number of para-hydroxylation sites is 2. The normalized spacial score (nSPS) is 10.2. The molecule has 2 aromatic carbocycles. The van der Waals surface area contributed by atoms with Crippen LogP contribution < -0.4 is 10.1 Å². The summed E-state index contributed by atoms with van der Waals surface area (Å²) in [7, 11) is 1.64. The Labute approximate surface area is 162 Å². The first-order valence-corrected chi connectivity index (χ1v) is 9.32. The molecule has 1 amide bonds. The number of hydrogen-bond acceptors (Lipinski definition) is 4. The maximum Gasteiger partial charge on any atom is 0.231 e. The molecule has 0 bridgehead atoms. The molecule has 3 aromatic rings. The van der Waals surface area contributed by atoms with Crippen LogP contribution in [-0.4, -0.2) is 34.9 Å². The fourth-order valence-corrected chi connectivity index (χ4v) is 3.44. The average Bonchev–Trinajstić information content (AvgIpc) is 3.15. The van der Waals surface area contributed by atoms with Crippen molar-refractivity contribution in [2.45, 2.75) is 5.16 Å². The molecule has 136 valence electrons. The number of thioether (sulfide) groups is 1. The Morgan fingerprint density at radius 2 is 1.96 bits per heavy atom. The molecule has 1 heterocycles. The molecule has 0 unspecified atom stereocenters. The summed E-state index contributed by atoms with van der Waals surface area (Å²) < 4.78 is 7.54. The van der Waals surface area contributed by atoms with Crippen LogP contribution in [0.2, 0.25) is 0 Å². The first-order valence-electron chi connectivity index (χ1n) is 8.34. The SMILES string of the molecule is C#CCNC(=O)CSc1ncc(-c2ccccc2)n1-c1ccccc1OC. The average molecular weight is 377 g/mol. The molecule has 0 aliphatic heterocycles. The molecule has 0 saturated heterocycles. The summed E-state index contributed by atoms with van der Waals surface area (Å²) in [6.07, 6.45) is 6.99. The third-order valence-electron chi connectivity index (χ3n) is 3.85. The number of aromatic nitrogens is 2. The first-order chi connectivity index (χ1) is 13.2. The van der Waals surface area contributed by atoms with E-state index in [4.69, 9.17) is 11.2 Å². The number of imidazole rings is 1. The monoisotopic (exact) mass is 377 g/mol. The van der Waals surface area contributed by atoms with Gasteiger partial charge < -0.3 is 10.1 Å². The second-order valence-electron chi connectivity index (χ2n) is 5.57. The van der Waals surface area contributed by atoms with E-state index < -0.39 is 0 Å². The highest BCUT2D eigenvalue weighted by atomic mass is 32.2. The lowest BCUT2D eigenvalue weighted by molar-refractivity contribution is -0.118. The maximum absolute atomic E-state index is 11.9. The molecule has 27 heavy (non-hydrogen) atoms. The zero-order valence-electron chi connectivity index (χ0n) is 14.9. The fraction of sp³-hybridized carbons (Fsp3) is 0.143. The van der Waals surface area contributed by atoms with Crippen molar-refractivity contribution >= 4 is 17.7 Å². The van der Waals surface area contributed by atoms with E-state index >= 15 is 0 Å². The van der Waals surface area contributed by atoms with Gasteiger partial charge >= 0.3 is 0 Å². The van der Waals surface area contributed by atoms with Crippen molar-refractivity contribution in [3.63, 3.8) is 0 Å². The van der Waals surface area contributed by atoms with Crippen LogP contribution in [0.15, 0.2) is 66.0 Å². The summed E-state index contributed by atoms with van der Waals surface area (Å²) in [5.41, 5.74) is 2.81. The topological polar surface area (TPSA) is 56.2 Å². The lowest BCUT2D eigenvalue weighted by Crippen LogP contribution is -2.25. The molecule has 0 radical (unpaired) electrons. The van der Waals surface area contributed by atoms with Gasteiger partial charge in [0.1, 0.15) is 5.75 Å². The van der Waals surface area contributed by atoms with Gasteiger partial charge in [-0.05, 0) is 12.1 Å². The summed E-state index contributed by atoms with van der Waals surface area (Å²) in [5.74, 6) is 3.22. The van der Waals surface area contributed by atoms with Crippen LogP contribution in [0.5, 0.6) is 5.75 Å². The number of benzene rings is 2. The van der Waals surface area contributed by atoms with Gasteiger partial charge in [-0.2, -0.15) is 0 Å². The number of nitrogens with zero attached hydrogens (tertiary/aromatic N) is 2. The molecule has 0 atom stereocenters. The Hall–Kier alpha value is -3.17. The largest absolute Gasteiger partial charge is 0.495 e. The van der Waals surface area contributed by atoms with Crippen LogP contribution in [0.1, 0.15) is 0 Å². The van der Waals surface area contributed by atoms with Crippen molar-refractivity contribution in [2.24, 2.45) is 0 Å². The van der Waals surface area contributed by atoms with E-state index in [0.29, 0.717) is 5.16 Å². The number of methoxy groups -OCH3 is 1. The molecular formula is C21H19N3O2S. The fourth-order valence-electron chi connectivity index (χ4n) is 2.63. The van der Waals surface area contributed by atoms with Crippen molar-refractivity contribution in [1.29, 1.82) is 0 Å². The number of carbonyl (C=O) groups is 1. The van der Waals surface area contributed by atoms with Gasteiger partial charge in [-0.3, -0.25) is 9.36 Å². The van der Waals surface area contributed by atoms with Crippen LogP contribution in [0.25, 0.3) is 16.9 Å². The molecule has 0 fully saturated rings. The second kappa shape index (κ2) is 8.97. The molecule has 6 heteroatoms. The highest BCUT2D eigenvalue weighted by Crippen LogP contribution is 2.33. The van der Waals surface area contributed by atoms with Crippen molar-refractivity contribution in [3.05, 3.63) is 60.8 Å². The van der Waals surface area contributed by atoms with Gasteiger partial charge in [0.25, 0.3) is 0 Å². The van der Waals surface area contributed by atoms with Gasteiger partial charge in [-0.15, -0.1) is 6.42 Å². The van der Waals surface area contributed by atoms with Crippen molar-refractivity contribution in [1.82, 2.24) is 14.9 Å². The van der Waals surface area contributed by atoms with Crippen molar-refractivity contribution < 1.29 is 9.53 Å². The van der Waals surface area contributed by atoms with E-state index in [1.165, 1.54) is 11.8 Å². The minimum Gasteiger partial charge on any atom is -0.495 e. The molecule has 1 aromatic heterocycles. The van der Waals surface area contributed by atoms with E-state index in [9.17, 15) is 4.79 Å². The van der Waals surface area contributed by atoms with E-state index in [2.05, 4.69) is 16.2 Å². The molecule has 0 saturated carbocycles. The summed E-state index contributed by atoms with van der Waals surface area (Å²) in [6.45, 7) is 0.218. The van der Waals surface area contributed by atoms with Gasteiger partial charge in [-0.25, -0.2) is 4.98 Å². The Bertz CT molecular complexity index is 961. The van der Waals surface area contributed by atoms with Gasteiger partial charge in [0, 0.05) is 5.56 Å². The predicted octanol–water partition coefficient (Wildman–Crippen LogP) is 3.39. The molecule has 3 rings (SSSR count). The number of nitrogens with one attached hydrogen (secondary N) is 1. The minimum atomic E-state index is -0.131. The quantitative estimate of drug-likeness (QED) is 0.507. The van der Waals surface area contributed by atoms with Crippen LogP contribution in [0.3, 0.4) is 0 Å². The van der Waals surface area contributed by atoms with Crippen molar-refractivity contribution in [2.75, 3.05) is 19.4 Å². The molecule has 0 aliphatic rings. The summed E-state index contributed by atoms with van der Waals surface area (Å²) in [6, 6.07) is 17.7. The predicted molar refractivity (Wildman–Crippen MR) is 108 cm³/mol. The van der Waals surface area contributed by atoms with Gasteiger partial charge in [0.15, 0.2) is 5.16 Å². The summed E-state index contributed by atoms with van der Waals surface area (Å²) >= 11 is 1.35. The number of amides is 1. The lowest BCUT2D eigenvalue weighted by Gasteiger charge is -2.15. The van der Waals surface area contributed by atoms with Gasteiger partial charge in [0.05, 0.1) is 37.0 Å². The maximum atomic E-state index is 11.9. The smallest absolute Gasteiger partial charge is 0.231 e. The highest BCUT2D eigenvalue weighted by molar-refractivity contribution is 7.99. The number of rotatable bonds is 7. The highest BCUT2D eigenvalue weighted by Gasteiger charge is 2.17.